The molecule has 0 aromatic carbocycles. The highest BCUT2D eigenvalue weighted by atomic mass is 35.5. The molecule has 60 valence electrons. The summed E-state index contributed by atoms with van der Waals surface area (Å²) in [7, 11) is 0. The molecule has 0 aliphatic carbocycles. The van der Waals surface area contributed by atoms with Crippen LogP contribution in [0.15, 0.2) is 6.07 Å². The van der Waals surface area contributed by atoms with Gasteiger partial charge in [0.1, 0.15) is 5.15 Å². The fraction of sp³-hybridized carbons (Fsp3) is 0.375. The maximum atomic E-state index is 5.79. The second-order valence-electron chi connectivity index (χ2n) is 2.47. The first-order chi connectivity index (χ1) is 5.15. The maximum Gasteiger partial charge on any atom is 0.132 e. The van der Waals surface area contributed by atoms with E-state index < -0.39 is 0 Å². The summed E-state index contributed by atoms with van der Waals surface area (Å²) in [6.45, 7) is 3.83. The van der Waals surface area contributed by atoms with Gasteiger partial charge in [0.2, 0.25) is 0 Å². The van der Waals surface area contributed by atoms with Crippen LogP contribution >= 0.6 is 23.2 Å². The van der Waals surface area contributed by atoms with Crippen molar-refractivity contribution in [3.05, 3.63) is 28.0 Å². The second kappa shape index (κ2) is 3.42. The lowest BCUT2D eigenvalue weighted by molar-refractivity contribution is 1.11. The highest BCUT2D eigenvalue weighted by molar-refractivity contribution is 6.30. The predicted octanol–water partition coefficient (Wildman–Crippen LogP) is 3.09. The first kappa shape index (κ1) is 8.82. The van der Waals surface area contributed by atoms with Crippen molar-refractivity contribution in [3.63, 3.8) is 0 Å². The number of rotatable bonds is 1. The molecular weight excluding hydrogens is 181 g/mol. The van der Waals surface area contributed by atoms with Crippen molar-refractivity contribution in [2.75, 3.05) is 0 Å². The lowest BCUT2D eigenvalue weighted by atomic mass is 10.2. The molecule has 0 radical (unpaired) electrons. The van der Waals surface area contributed by atoms with Crippen molar-refractivity contribution in [2.24, 2.45) is 0 Å². The predicted molar refractivity (Wildman–Crippen MR) is 48.3 cm³/mol. The molecule has 0 aliphatic rings. The van der Waals surface area contributed by atoms with E-state index in [0.29, 0.717) is 11.0 Å². The molecule has 0 aliphatic heterocycles. The number of nitrogens with zero attached hydrogens (tertiary/aromatic N) is 1. The van der Waals surface area contributed by atoms with Crippen LogP contribution in [-0.4, -0.2) is 4.98 Å². The fourth-order valence-corrected chi connectivity index (χ4v) is 1.32. The largest absolute Gasteiger partial charge is 0.241 e. The van der Waals surface area contributed by atoms with Crippen molar-refractivity contribution in [1.29, 1.82) is 0 Å². The normalized spacial score (nSPS) is 10.2. The minimum absolute atomic E-state index is 0.497. The van der Waals surface area contributed by atoms with E-state index in [1.165, 1.54) is 0 Å². The maximum absolute atomic E-state index is 5.79. The van der Waals surface area contributed by atoms with Gasteiger partial charge in [-0.15, -0.1) is 11.6 Å². The van der Waals surface area contributed by atoms with Crippen LogP contribution in [0.5, 0.6) is 0 Å². The van der Waals surface area contributed by atoms with E-state index in [1.54, 1.807) is 0 Å². The monoisotopic (exact) mass is 189 g/mol. The summed E-state index contributed by atoms with van der Waals surface area (Å²) in [6, 6.07) is 1.97. The van der Waals surface area contributed by atoms with Crippen molar-refractivity contribution < 1.29 is 0 Å². The van der Waals surface area contributed by atoms with Gasteiger partial charge in [-0.2, -0.15) is 0 Å². The molecule has 0 atom stereocenters. The lowest BCUT2D eigenvalue weighted by Crippen LogP contribution is -1.92. The summed E-state index contributed by atoms with van der Waals surface area (Å²) in [5.74, 6) is 0.497. The molecule has 1 heterocycles. The Labute approximate surface area is 76.4 Å². The number of hydrogen-bond acceptors (Lipinski definition) is 1. The van der Waals surface area contributed by atoms with Crippen molar-refractivity contribution in [3.8, 4) is 0 Å². The fourth-order valence-electron chi connectivity index (χ4n) is 0.868. The molecule has 1 rings (SSSR count). The molecule has 1 aromatic heterocycles. The Balaban J connectivity index is 3.21. The lowest BCUT2D eigenvalue weighted by Gasteiger charge is -2.03. The zero-order valence-electron chi connectivity index (χ0n) is 6.49. The van der Waals surface area contributed by atoms with Crippen LogP contribution in [0.25, 0.3) is 0 Å². The number of pyridine rings is 1. The average Bonchev–Trinajstić information content (AvgIpc) is 1.97. The summed E-state index contributed by atoms with van der Waals surface area (Å²) in [5.41, 5.74) is 2.94. The topological polar surface area (TPSA) is 12.9 Å². The smallest absolute Gasteiger partial charge is 0.132 e. The van der Waals surface area contributed by atoms with E-state index in [9.17, 15) is 0 Å². The molecule has 3 heteroatoms. The van der Waals surface area contributed by atoms with Crippen LogP contribution in [0.3, 0.4) is 0 Å². The van der Waals surface area contributed by atoms with Crippen LogP contribution in [0.2, 0.25) is 5.15 Å². The zero-order valence-corrected chi connectivity index (χ0v) is 8.00. The molecule has 0 fully saturated rings. The van der Waals surface area contributed by atoms with Gasteiger partial charge in [0.05, 0.1) is 0 Å². The van der Waals surface area contributed by atoms with E-state index in [2.05, 4.69) is 4.98 Å². The molecule has 1 nitrogen and oxygen atoms in total. The van der Waals surface area contributed by atoms with E-state index in [4.69, 9.17) is 23.2 Å². The number of aryl methyl sites for hydroxylation is 2. The first-order valence-electron chi connectivity index (χ1n) is 3.33. The molecule has 0 unspecified atom stereocenters. The minimum atomic E-state index is 0.497. The van der Waals surface area contributed by atoms with Crippen LogP contribution in [-0.2, 0) is 5.88 Å². The van der Waals surface area contributed by atoms with E-state index in [0.717, 1.165) is 16.8 Å². The summed E-state index contributed by atoms with van der Waals surface area (Å²) in [5, 5.41) is 0.566. The molecule has 0 spiro atoms. The van der Waals surface area contributed by atoms with E-state index in [-0.39, 0.29) is 0 Å². The van der Waals surface area contributed by atoms with Gasteiger partial charge in [0.15, 0.2) is 0 Å². The Morgan fingerprint density at radius 3 is 2.64 bits per heavy atom. The summed E-state index contributed by atoms with van der Waals surface area (Å²) in [6.07, 6.45) is 0. The summed E-state index contributed by atoms with van der Waals surface area (Å²) in [4.78, 5) is 4.12. The quantitative estimate of drug-likeness (QED) is 0.489. The SMILES string of the molecule is Cc1cc(CCl)c(C)nc1Cl. The van der Waals surface area contributed by atoms with Gasteiger partial charge in [0.25, 0.3) is 0 Å². The summed E-state index contributed by atoms with van der Waals surface area (Å²) >= 11 is 11.5. The van der Waals surface area contributed by atoms with Gasteiger partial charge >= 0.3 is 0 Å². The van der Waals surface area contributed by atoms with Gasteiger partial charge in [-0.25, -0.2) is 4.98 Å². The molecular formula is C8H9Cl2N. The molecule has 0 bridgehead atoms. The molecule has 11 heavy (non-hydrogen) atoms. The third-order valence-corrected chi connectivity index (χ3v) is 2.26. The van der Waals surface area contributed by atoms with Gasteiger partial charge in [-0.1, -0.05) is 17.7 Å². The van der Waals surface area contributed by atoms with Crippen LogP contribution in [0, 0.1) is 13.8 Å². The van der Waals surface area contributed by atoms with Crippen molar-refractivity contribution >= 4 is 23.2 Å². The van der Waals surface area contributed by atoms with Gasteiger partial charge < -0.3 is 0 Å². The molecule has 0 amide bonds. The first-order valence-corrected chi connectivity index (χ1v) is 4.25. The van der Waals surface area contributed by atoms with Crippen molar-refractivity contribution in [2.45, 2.75) is 19.7 Å². The molecule has 0 saturated carbocycles. The number of halogens is 2. The molecule has 0 saturated heterocycles. The Hall–Kier alpha value is -0.270. The Bertz CT molecular complexity index is 271. The number of aromatic nitrogens is 1. The second-order valence-corrected chi connectivity index (χ2v) is 3.10. The average molecular weight is 190 g/mol. The minimum Gasteiger partial charge on any atom is -0.241 e. The number of hydrogen-bond donors (Lipinski definition) is 0. The van der Waals surface area contributed by atoms with Crippen LogP contribution < -0.4 is 0 Å². The third-order valence-electron chi connectivity index (χ3n) is 1.59. The Morgan fingerprint density at radius 1 is 1.45 bits per heavy atom. The highest BCUT2D eigenvalue weighted by Crippen LogP contribution is 2.17. The standard InChI is InChI=1S/C8H9Cl2N/c1-5-3-7(4-9)6(2)11-8(5)10/h3H,4H2,1-2H3. The zero-order chi connectivity index (χ0) is 8.43. The van der Waals surface area contributed by atoms with Crippen LogP contribution in [0.4, 0.5) is 0 Å². The molecule has 0 N–H and O–H groups in total. The van der Waals surface area contributed by atoms with Gasteiger partial charge in [-0.3, -0.25) is 0 Å². The number of alkyl halides is 1. The third kappa shape index (κ3) is 1.85. The molecule has 1 aromatic rings. The van der Waals surface area contributed by atoms with Gasteiger partial charge in [-0.05, 0) is 25.0 Å². The van der Waals surface area contributed by atoms with E-state index in [1.807, 2.05) is 19.9 Å². The highest BCUT2D eigenvalue weighted by Gasteiger charge is 2.02. The Morgan fingerprint density at radius 2 is 2.09 bits per heavy atom. The Kier molecular flexibility index (Phi) is 2.74. The van der Waals surface area contributed by atoms with Crippen LogP contribution in [0.1, 0.15) is 16.8 Å². The van der Waals surface area contributed by atoms with E-state index >= 15 is 0 Å². The van der Waals surface area contributed by atoms with Gasteiger partial charge in [0, 0.05) is 11.6 Å². The summed E-state index contributed by atoms with van der Waals surface area (Å²) < 4.78 is 0. The van der Waals surface area contributed by atoms with Crippen molar-refractivity contribution in [1.82, 2.24) is 4.98 Å².